The van der Waals surface area contributed by atoms with E-state index in [1.807, 2.05) is 104 Å². The Morgan fingerprint density at radius 2 is 0.923 bits per heavy atom. The highest BCUT2D eigenvalue weighted by Gasteiger charge is 2.25. The molecule has 0 spiro atoms. The smallest absolute Gasteiger partial charge is 0.490 e. The van der Waals surface area contributed by atoms with Crippen LogP contribution in [0.15, 0.2) is 188 Å². The number of nitrogens with zero attached hydrogens (tertiary/aromatic N) is 16. The second-order valence-electron chi connectivity index (χ2n) is 18.6. The third-order valence-corrected chi connectivity index (χ3v) is 14.4. The zero-order chi connectivity index (χ0) is 53.1. The average Bonchev–Trinajstić information content (AvgIpc) is 4.46. The molecule has 20 nitrogen and oxygen atoms in total. The van der Waals surface area contributed by atoms with Crippen molar-refractivity contribution in [3.8, 4) is 34.3 Å². The summed E-state index contributed by atoms with van der Waals surface area (Å²) in [6.45, 7) is 6.78. The maximum absolute atomic E-state index is 9.64. The molecule has 22 heteroatoms. The molecule has 4 N–H and O–H groups in total. The van der Waals surface area contributed by atoms with Crippen molar-refractivity contribution < 1.29 is 20.3 Å². The number of aromatic hydroxyl groups is 2. The summed E-state index contributed by atoms with van der Waals surface area (Å²) in [5.41, 5.74) is 8.10. The van der Waals surface area contributed by atoms with Gasteiger partial charge in [0.15, 0.2) is 22.9 Å². The van der Waals surface area contributed by atoms with Gasteiger partial charge in [0.2, 0.25) is 0 Å². The zero-order valence-corrected chi connectivity index (χ0v) is 43.5. The van der Waals surface area contributed by atoms with Gasteiger partial charge in [-0.1, -0.05) is 48.5 Å². The van der Waals surface area contributed by atoms with Crippen LogP contribution in [-0.2, 0) is 0 Å². The molecule has 2 aliphatic heterocycles. The Morgan fingerprint density at radius 1 is 0.449 bits per heavy atom. The minimum Gasteiger partial charge on any atom is -0.508 e. The van der Waals surface area contributed by atoms with Gasteiger partial charge in [-0.05, 0) is 88.7 Å². The third-order valence-electron chi connectivity index (χ3n) is 13.8. The van der Waals surface area contributed by atoms with Crippen molar-refractivity contribution in [2.45, 2.75) is 0 Å². The Morgan fingerprint density at radius 3 is 1.41 bits per heavy atom. The third kappa shape index (κ3) is 10.1. The first kappa shape index (κ1) is 49.5. The monoisotopic (exact) mass is 1100 g/mol. The second kappa shape index (κ2) is 21.7. The molecule has 2 aliphatic rings. The average molecular weight is 1100 g/mol. The summed E-state index contributed by atoms with van der Waals surface area (Å²) in [4.78, 5) is 27.3. The summed E-state index contributed by atoms with van der Waals surface area (Å²) in [6.07, 6.45) is 14.0. The fourth-order valence-electron chi connectivity index (χ4n) is 9.75. The van der Waals surface area contributed by atoms with Crippen LogP contribution >= 0.6 is 15.9 Å². The number of halogens is 1. The lowest BCUT2D eigenvalue weighted by molar-refractivity contribution is 0.425. The number of rotatable bonds is 8. The van der Waals surface area contributed by atoms with Crippen LogP contribution in [0.25, 0.3) is 55.9 Å². The largest absolute Gasteiger partial charge is 0.508 e. The predicted octanol–water partition coefficient (Wildman–Crippen LogP) is 6.79. The molecule has 388 valence electrons. The first-order valence-corrected chi connectivity index (χ1v) is 26.1. The minimum atomic E-state index is -1.40. The number of para-hydroxylation sites is 2. The number of piperazine rings is 2. The SMILES string of the molecule is OB(O)c1cccnc1.Oc1ccc(N2CCN(c3cc(-n4ncc5ccccc54)n4ncc(-c5cccnc5)c4n3)CC2)cc1.Oc1ccc(N2CCN(c3cc(-n4ncc5ccccc54)n4ncc(Br)c4n3)CC2)cc1. The number of fused-ring (bicyclic) bond motifs is 4. The molecule has 0 saturated carbocycles. The van der Waals surface area contributed by atoms with Crippen LogP contribution in [0.4, 0.5) is 23.0 Å². The molecule has 10 heterocycles. The molecule has 2 saturated heterocycles. The maximum Gasteiger partial charge on any atom is 0.490 e. The molecule has 12 aromatic rings. The van der Waals surface area contributed by atoms with Gasteiger partial charge >= 0.3 is 7.12 Å². The normalized spacial score (nSPS) is 13.7. The van der Waals surface area contributed by atoms with E-state index < -0.39 is 7.12 Å². The van der Waals surface area contributed by atoms with Gasteiger partial charge in [-0.2, -0.15) is 29.4 Å². The Hall–Kier alpha value is -9.38. The van der Waals surface area contributed by atoms with E-state index in [2.05, 4.69) is 92.1 Å². The van der Waals surface area contributed by atoms with Gasteiger partial charge in [-0.25, -0.2) is 19.3 Å². The molecule has 8 aromatic heterocycles. The van der Waals surface area contributed by atoms with E-state index in [0.717, 1.165) is 136 Å². The summed E-state index contributed by atoms with van der Waals surface area (Å²) in [5.74, 6) is 4.03. The fourth-order valence-corrected chi connectivity index (χ4v) is 10.1. The van der Waals surface area contributed by atoms with Gasteiger partial charge in [0.05, 0.1) is 40.3 Å². The summed E-state index contributed by atoms with van der Waals surface area (Å²) in [6, 6.07) is 42.4. The van der Waals surface area contributed by atoms with E-state index in [-0.39, 0.29) is 11.5 Å². The van der Waals surface area contributed by atoms with Gasteiger partial charge in [0, 0.05) is 128 Å². The van der Waals surface area contributed by atoms with E-state index in [1.54, 1.807) is 55.0 Å². The van der Waals surface area contributed by atoms with Crippen LogP contribution in [0.2, 0.25) is 0 Å². The van der Waals surface area contributed by atoms with E-state index in [1.165, 1.54) is 6.20 Å². The Bertz CT molecular complexity index is 3990. The number of pyridine rings is 2. The Kier molecular flexibility index (Phi) is 13.8. The lowest BCUT2D eigenvalue weighted by Gasteiger charge is -2.36. The Balaban J connectivity index is 0.000000136. The lowest BCUT2D eigenvalue weighted by Crippen LogP contribution is -2.46. The molecule has 0 radical (unpaired) electrons. The molecule has 2 fully saturated rings. The molecule has 78 heavy (non-hydrogen) atoms. The Labute approximate surface area is 455 Å². The van der Waals surface area contributed by atoms with Crippen LogP contribution < -0.4 is 25.1 Å². The van der Waals surface area contributed by atoms with E-state index in [4.69, 9.17) is 30.2 Å². The van der Waals surface area contributed by atoms with Crippen molar-refractivity contribution in [1.82, 2.24) is 58.7 Å². The summed E-state index contributed by atoms with van der Waals surface area (Å²) in [5, 5.41) is 57.0. The first-order valence-electron chi connectivity index (χ1n) is 25.3. The second-order valence-corrected chi connectivity index (χ2v) is 19.4. The van der Waals surface area contributed by atoms with E-state index in [0.29, 0.717) is 5.46 Å². The van der Waals surface area contributed by atoms with Crippen molar-refractivity contribution in [3.63, 3.8) is 0 Å². The number of phenols is 2. The lowest BCUT2D eigenvalue weighted by atomic mass is 9.82. The topological polar surface area (TPSA) is 216 Å². The zero-order valence-electron chi connectivity index (χ0n) is 41.9. The van der Waals surface area contributed by atoms with Crippen LogP contribution in [0.3, 0.4) is 0 Å². The van der Waals surface area contributed by atoms with Crippen molar-refractivity contribution in [3.05, 3.63) is 188 Å². The fraction of sp³-hybridized carbons (Fsp3) is 0.143. The van der Waals surface area contributed by atoms with Crippen molar-refractivity contribution in [2.24, 2.45) is 0 Å². The van der Waals surface area contributed by atoms with Crippen LogP contribution in [0.5, 0.6) is 11.5 Å². The minimum absolute atomic E-state index is 0.281. The van der Waals surface area contributed by atoms with Crippen molar-refractivity contribution >= 4 is 84.6 Å². The molecule has 0 aliphatic carbocycles. The number of hydrogen-bond acceptors (Lipinski definition) is 16. The number of anilines is 4. The van der Waals surface area contributed by atoms with E-state index >= 15 is 0 Å². The highest BCUT2D eigenvalue weighted by Crippen LogP contribution is 2.31. The maximum atomic E-state index is 9.64. The molecule has 4 aromatic carbocycles. The highest BCUT2D eigenvalue weighted by molar-refractivity contribution is 9.10. The molecular weight excluding hydrogens is 1050 g/mol. The molecule has 0 bridgehead atoms. The van der Waals surface area contributed by atoms with Crippen LogP contribution in [-0.4, -0.2) is 138 Å². The van der Waals surface area contributed by atoms with Crippen molar-refractivity contribution in [1.29, 1.82) is 0 Å². The molecule has 0 unspecified atom stereocenters. The van der Waals surface area contributed by atoms with Gasteiger partial charge in [0.1, 0.15) is 23.1 Å². The van der Waals surface area contributed by atoms with Crippen LogP contribution in [0.1, 0.15) is 0 Å². The molecule has 0 amide bonds. The standard InChI is InChI=1S/C28H24N8O.C23H20BrN7O.C5H6BNO2/c37-23-9-7-22(8-10-23)33-12-14-34(15-13-33)26-16-27(35-25-6-2-1-4-21(25)18-30-35)36-28(32-26)24(19-31-36)20-5-3-11-29-17-20;24-19-15-26-31-22(30-20-4-2-1-3-16(20)14-25-30)13-21(27-23(19)31)29-11-9-28(10-12-29)17-5-7-18(32)8-6-17;8-6(9)5-2-1-3-7-4-5/h1-11,16-19,37H,12-15H2;1-8,13-15,32H,9-12H2;1-4,8-9H. The predicted molar refractivity (Wildman–Crippen MR) is 305 cm³/mol. The molecule has 14 rings (SSSR count). The first-order chi connectivity index (χ1) is 38.2. The quantitative estimate of drug-likeness (QED) is 0.115. The van der Waals surface area contributed by atoms with Crippen molar-refractivity contribution in [2.75, 3.05) is 72.0 Å². The summed E-state index contributed by atoms with van der Waals surface area (Å²) >= 11 is 3.60. The molecule has 0 atom stereocenters. The highest BCUT2D eigenvalue weighted by atomic mass is 79.9. The molecular formula is C56H50BBrN16O4. The van der Waals surface area contributed by atoms with Crippen LogP contribution in [0, 0.1) is 0 Å². The van der Waals surface area contributed by atoms with Gasteiger partial charge < -0.3 is 39.9 Å². The van der Waals surface area contributed by atoms with Gasteiger partial charge in [-0.3, -0.25) is 9.97 Å². The van der Waals surface area contributed by atoms with Gasteiger partial charge in [0.25, 0.3) is 0 Å². The number of aromatic nitrogens is 12. The number of phenolic OH excluding ortho intramolecular Hbond substituents is 2. The van der Waals surface area contributed by atoms with Gasteiger partial charge in [-0.15, -0.1) is 0 Å². The summed E-state index contributed by atoms with van der Waals surface area (Å²) < 4.78 is 8.37. The summed E-state index contributed by atoms with van der Waals surface area (Å²) in [7, 11) is -1.40. The number of hydrogen-bond donors (Lipinski definition) is 4. The van der Waals surface area contributed by atoms with E-state index in [9.17, 15) is 10.2 Å². The number of benzene rings is 4.